The van der Waals surface area contributed by atoms with Crippen LogP contribution in [0, 0.1) is 11.3 Å². The molecule has 0 aliphatic heterocycles. The van der Waals surface area contributed by atoms with Crippen molar-refractivity contribution in [2.75, 3.05) is 19.8 Å². The number of aliphatic hydroxyl groups is 3. The minimum Gasteiger partial charge on any atom is -0.478 e. The molecule has 1 fully saturated rings. The van der Waals surface area contributed by atoms with E-state index < -0.39 is 5.97 Å². The van der Waals surface area contributed by atoms with Gasteiger partial charge >= 0.3 is 5.97 Å². The molecule has 5 heteroatoms. The molecule has 1 saturated carbocycles. The zero-order valence-electron chi connectivity index (χ0n) is 13.1. The van der Waals surface area contributed by atoms with Crippen molar-refractivity contribution < 1.29 is 25.2 Å². The standard InChI is InChI=1S/C12H24O3.C4H6O2/c13-8-2-1-5-12(10-15)6-3-11(9-14)4-7-12;1-3(2)4(5)6/h11,13-15H,1-10H2;1H2,2H3,(H,5,6). The lowest BCUT2D eigenvalue weighted by atomic mass is 9.68. The van der Waals surface area contributed by atoms with E-state index in [2.05, 4.69) is 6.58 Å². The molecule has 0 saturated heterocycles. The van der Waals surface area contributed by atoms with Gasteiger partial charge in [-0.2, -0.15) is 0 Å². The van der Waals surface area contributed by atoms with Crippen molar-refractivity contribution >= 4 is 5.97 Å². The molecule has 0 aromatic rings. The third-order valence-electron chi connectivity index (χ3n) is 4.24. The highest BCUT2D eigenvalue weighted by atomic mass is 16.4. The van der Waals surface area contributed by atoms with Crippen molar-refractivity contribution in [1.82, 2.24) is 0 Å². The van der Waals surface area contributed by atoms with Crippen LogP contribution in [0.3, 0.4) is 0 Å². The van der Waals surface area contributed by atoms with Crippen LogP contribution in [0.1, 0.15) is 51.9 Å². The van der Waals surface area contributed by atoms with Crippen LogP contribution in [0.25, 0.3) is 0 Å². The average Bonchev–Trinajstić information content (AvgIpc) is 2.48. The Morgan fingerprint density at radius 1 is 1.19 bits per heavy atom. The van der Waals surface area contributed by atoms with Gasteiger partial charge in [-0.3, -0.25) is 0 Å². The minimum atomic E-state index is -0.935. The highest BCUT2D eigenvalue weighted by Gasteiger charge is 2.33. The maximum absolute atomic E-state index is 9.60. The van der Waals surface area contributed by atoms with E-state index in [9.17, 15) is 9.90 Å². The summed E-state index contributed by atoms with van der Waals surface area (Å²) in [4.78, 5) is 9.60. The molecule has 21 heavy (non-hydrogen) atoms. The molecule has 4 N–H and O–H groups in total. The van der Waals surface area contributed by atoms with E-state index >= 15 is 0 Å². The molecule has 0 unspecified atom stereocenters. The number of aliphatic hydroxyl groups excluding tert-OH is 3. The maximum atomic E-state index is 9.60. The summed E-state index contributed by atoms with van der Waals surface area (Å²) in [6, 6.07) is 0. The van der Waals surface area contributed by atoms with Crippen molar-refractivity contribution in [2.45, 2.75) is 51.9 Å². The SMILES string of the molecule is C=C(C)C(=O)O.OCCCCC1(CO)CCC(CO)CC1. The van der Waals surface area contributed by atoms with Crippen LogP contribution < -0.4 is 0 Å². The predicted molar refractivity (Wildman–Crippen MR) is 81.9 cm³/mol. The van der Waals surface area contributed by atoms with Gasteiger partial charge in [0.1, 0.15) is 0 Å². The number of hydrogen-bond acceptors (Lipinski definition) is 4. The van der Waals surface area contributed by atoms with Gasteiger partial charge in [0.15, 0.2) is 0 Å². The molecule has 0 amide bonds. The van der Waals surface area contributed by atoms with Crippen molar-refractivity contribution in [3.8, 4) is 0 Å². The van der Waals surface area contributed by atoms with E-state index in [1.165, 1.54) is 6.92 Å². The lowest BCUT2D eigenvalue weighted by molar-refractivity contribution is -0.132. The lowest BCUT2D eigenvalue weighted by Crippen LogP contribution is -2.32. The van der Waals surface area contributed by atoms with Crippen LogP contribution in [0.5, 0.6) is 0 Å². The fraction of sp³-hybridized carbons (Fsp3) is 0.812. The fourth-order valence-electron chi connectivity index (χ4n) is 2.57. The number of rotatable bonds is 7. The summed E-state index contributed by atoms with van der Waals surface area (Å²) in [5.74, 6) is -0.488. The van der Waals surface area contributed by atoms with E-state index in [0.717, 1.165) is 44.9 Å². The van der Waals surface area contributed by atoms with Gasteiger partial charge < -0.3 is 20.4 Å². The van der Waals surface area contributed by atoms with Crippen molar-refractivity contribution in [2.24, 2.45) is 11.3 Å². The van der Waals surface area contributed by atoms with E-state index in [-0.39, 0.29) is 30.8 Å². The predicted octanol–water partition coefficient (Wildman–Crippen LogP) is 1.96. The molecule has 0 bridgehead atoms. The van der Waals surface area contributed by atoms with E-state index in [4.69, 9.17) is 15.3 Å². The highest BCUT2D eigenvalue weighted by molar-refractivity contribution is 5.84. The van der Waals surface area contributed by atoms with Crippen LogP contribution in [-0.2, 0) is 4.79 Å². The molecule has 0 radical (unpaired) electrons. The maximum Gasteiger partial charge on any atom is 0.330 e. The van der Waals surface area contributed by atoms with E-state index in [1.54, 1.807) is 0 Å². The molecule has 1 rings (SSSR count). The van der Waals surface area contributed by atoms with Crippen LogP contribution in [0.15, 0.2) is 12.2 Å². The van der Waals surface area contributed by atoms with Crippen molar-refractivity contribution in [1.29, 1.82) is 0 Å². The largest absolute Gasteiger partial charge is 0.478 e. The Hall–Kier alpha value is -0.910. The molecule has 0 aromatic carbocycles. The Balaban J connectivity index is 0.000000567. The molecule has 1 aliphatic rings. The zero-order valence-corrected chi connectivity index (χ0v) is 13.1. The number of carboxylic acids is 1. The van der Waals surface area contributed by atoms with Gasteiger partial charge in [-0.1, -0.05) is 13.0 Å². The topological polar surface area (TPSA) is 98.0 Å². The summed E-state index contributed by atoms with van der Waals surface area (Å²) in [6.07, 6.45) is 6.99. The summed E-state index contributed by atoms with van der Waals surface area (Å²) in [5, 5.41) is 35.2. The molecule has 0 aromatic heterocycles. The number of unbranched alkanes of at least 4 members (excludes halogenated alkanes) is 1. The fourth-order valence-corrected chi connectivity index (χ4v) is 2.57. The molecule has 5 nitrogen and oxygen atoms in total. The number of carbonyl (C=O) groups is 1. The number of carboxylic acid groups (broad SMARTS) is 1. The van der Waals surface area contributed by atoms with E-state index in [0.29, 0.717) is 5.92 Å². The molecule has 124 valence electrons. The summed E-state index contributed by atoms with van der Waals surface area (Å²) in [6.45, 7) is 5.40. The highest BCUT2D eigenvalue weighted by Crippen LogP contribution is 2.42. The van der Waals surface area contributed by atoms with Crippen LogP contribution in [0.2, 0.25) is 0 Å². The average molecular weight is 302 g/mol. The molecule has 0 heterocycles. The third-order valence-corrected chi connectivity index (χ3v) is 4.24. The summed E-state index contributed by atoms with van der Waals surface area (Å²) in [7, 11) is 0. The Morgan fingerprint density at radius 3 is 2.05 bits per heavy atom. The van der Waals surface area contributed by atoms with Crippen molar-refractivity contribution in [3.63, 3.8) is 0 Å². The van der Waals surface area contributed by atoms with Gasteiger partial charge in [-0.05, 0) is 56.8 Å². The minimum absolute atomic E-state index is 0.0842. The Bertz CT molecular complexity index is 288. The second-order valence-corrected chi connectivity index (χ2v) is 6.05. The zero-order chi connectivity index (χ0) is 16.3. The first-order valence-electron chi connectivity index (χ1n) is 7.62. The van der Waals surface area contributed by atoms with E-state index in [1.807, 2.05) is 0 Å². The summed E-state index contributed by atoms with van der Waals surface area (Å²) >= 11 is 0. The van der Waals surface area contributed by atoms with Crippen LogP contribution in [0.4, 0.5) is 0 Å². The van der Waals surface area contributed by atoms with Gasteiger partial charge in [0.25, 0.3) is 0 Å². The first-order chi connectivity index (χ1) is 9.90. The van der Waals surface area contributed by atoms with Gasteiger partial charge in [0.05, 0.1) is 0 Å². The summed E-state index contributed by atoms with van der Waals surface area (Å²) < 4.78 is 0. The smallest absolute Gasteiger partial charge is 0.330 e. The van der Waals surface area contributed by atoms with Gasteiger partial charge in [0.2, 0.25) is 0 Å². The monoisotopic (exact) mass is 302 g/mol. The third kappa shape index (κ3) is 8.19. The molecule has 0 spiro atoms. The summed E-state index contributed by atoms with van der Waals surface area (Å²) in [5.41, 5.74) is 0.260. The van der Waals surface area contributed by atoms with Gasteiger partial charge in [-0.25, -0.2) is 4.79 Å². The lowest BCUT2D eigenvalue weighted by Gasteiger charge is -2.38. The normalized spacial score (nSPS) is 24.9. The molecular formula is C16H30O5. The second-order valence-electron chi connectivity index (χ2n) is 6.05. The molecular weight excluding hydrogens is 272 g/mol. The second kappa shape index (κ2) is 10.8. The Kier molecular flexibility index (Phi) is 10.3. The molecule has 0 atom stereocenters. The van der Waals surface area contributed by atoms with Gasteiger partial charge in [0, 0.05) is 25.4 Å². The molecule has 1 aliphatic carbocycles. The first kappa shape index (κ1) is 20.1. The number of aliphatic carboxylic acids is 1. The van der Waals surface area contributed by atoms with Gasteiger partial charge in [-0.15, -0.1) is 0 Å². The Labute approximate surface area is 127 Å². The number of hydrogen-bond donors (Lipinski definition) is 4. The van der Waals surface area contributed by atoms with Crippen molar-refractivity contribution in [3.05, 3.63) is 12.2 Å². The van der Waals surface area contributed by atoms with Crippen LogP contribution in [-0.4, -0.2) is 46.2 Å². The van der Waals surface area contributed by atoms with Crippen LogP contribution >= 0.6 is 0 Å². The Morgan fingerprint density at radius 2 is 1.71 bits per heavy atom. The first-order valence-corrected chi connectivity index (χ1v) is 7.62. The quantitative estimate of drug-likeness (QED) is 0.426.